The van der Waals surface area contributed by atoms with Gasteiger partial charge in [0.1, 0.15) is 0 Å². The van der Waals surface area contributed by atoms with Crippen molar-refractivity contribution in [1.29, 1.82) is 0 Å². The predicted octanol–water partition coefficient (Wildman–Crippen LogP) is 3.34. The smallest absolute Gasteiger partial charge is 0.310 e. The number of anilines is 2. The highest BCUT2D eigenvalue weighted by Crippen LogP contribution is 2.33. The molecule has 0 atom stereocenters. The molecule has 0 radical (unpaired) electrons. The highest BCUT2D eigenvalue weighted by molar-refractivity contribution is 5.99. The second-order valence-electron chi connectivity index (χ2n) is 6.62. The summed E-state index contributed by atoms with van der Waals surface area (Å²) in [4.78, 5) is 37.7. The van der Waals surface area contributed by atoms with E-state index < -0.39 is 11.4 Å². The Hall–Kier alpha value is -2.37. The Morgan fingerprint density at radius 3 is 2.48 bits per heavy atom. The fraction of sp³-hybridized carbons (Fsp3) is 0.526. The summed E-state index contributed by atoms with van der Waals surface area (Å²) in [5.41, 5.74) is 1.20. The molecule has 0 bridgehead atoms. The quantitative estimate of drug-likeness (QED) is 0.793. The molecule has 2 amide bonds. The molecule has 6 nitrogen and oxygen atoms in total. The normalized spacial score (nSPS) is 14.7. The van der Waals surface area contributed by atoms with Gasteiger partial charge in [0.15, 0.2) is 0 Å². The first-order chi connectivity index (χ1) is 11.8. The molecule has 0 aliphatic carbocycles. The van der Waals surface area contributed by atoms with E-state index in [2.05, 4.69) is 5.32 Å². The lowest BCUT2D eigenvalue weighted by Crippen LogP contribution is -2.34. The molecule has 1 fully saturated rings. The van der Waals surface area contributed by atoms with Crippen LogP contribution in [0.4, 0.5) is 11.4 Å². The van der Waals surface area contributed by atoms with Gasteiger partial charge < -0.3 is 15.3 Å². The standard InChI is InChI=1S/C19H26N2O4/c1-4-19(5-2,18(24)25)12-16(22)20-14-8-6-9-15(13(14)3)21-11-7-10-17(21)23/h6,8-9H,4-5,7,10-12H2,1-3H3,(H,20,22)(H,24,25). The Bertz CT molecular complexity index is 680. The third-order valence-corrected chi connectivity index (χ3v) is 5.25. The number of amides is 2. The largest absolute Gasteiger partial charge is 0.481 e. The number of carboxylic acids is 1. The van der Waals surface area contributed by atoms with E-state index in [4.69, 9.17) is 0 Å². The lowest BCUT2D eigenvalue weighted by Gasteiger charge is -2.26. The van der Waals surface area contributed by atoms with E-state index in [9.17, 15) is 19.5 Å². The summed E-state index contributed by atoms with van der Waals surface area (Å²) in [6.45, 7) is 6.12. The zero-order valence-electron chi connectivity index (χ0n) is 15.1. The van der Waals surface area contributed by atoms with Gasteiger partial charge in [-0.2, -0.15) is 0 Å². The van der Waals surface area contributed by atoms with Gasteiger partial charge in [-0.3, -0.25) is 14.4 Å². The maximum absolute atomic E-state index is 12.4. The summed E-state index contributed by atoms with van der Waals surface area (Å²) >= 11 is 0. The number of carboxylic acid groups (broad SMARTS) is 1. The van der Waals surface area contributed by atoms with Crippen LogP contribution in [0.5, 0.6) is 0 Å². The summed E-state index contributed by atoms with van der Waals surface area (Å²) < 4.78 is 0. The van der Waals surface area contributed by atoms with Crippen molar-refractivity contribution < 1.29 is 19.5 Å². The number of benzene rings is 1. The fourth-order valence-electron chi connectivity index (χ4n) is 3.33. The number of rotatable bonds is 7. The summed E-state index contributed by atoms with van der Waals surface area (Å²) in [5, 5.41) is 12.3. The fourth-order valence-corrected chi connectivity index (χ4v) is 3.33. The van der Waals surface area contributed by atoms with Crippen LogP contribution in [0.1, 0.15) is 51.5 Å². The maximum Gasteiger partial charge on any atom is 0.310 e. The van der Waals surface area contributed by atoms with Crippen LogP contribution in [0.2, 0.25) is 0 Å². The van der Waals surface area contributed by atoms with E-state index in [0.717, 1.165) is 17.7 Å². The van der Waals surface area contributed by atoms with Gasteiger partial charge in [0.25, 0.3) is 0 Å². The lowest BCUT2D eigenvalue weighted by atomic mass is 9.79. The van der Waals surface area contributed by atoms with Crippen LogP contribution in [-0.2, 0) is 14.4 Å². The summed E-state index contributed by atoms with van der Waals surface area (Å²) in [6, 6.07) is 5.44. The number of hydrogen-bond acceptors (Lipinski definition) is 3. The van der Waals surface area contributed by atoms with Crippen molar-refractivity contribution in [3.63, 3.8) is 0 Å². The Labute approximate surface area is 148 Å². The van der Waals surface area contributed by atoms with Crippen LogP contribution >= 0.6 is 0 Å². The van der Waals surface area contributed by atoms with Crippen LogP contribution in [0, 0.1) is 12.3 Å². The predicted molar refractivity (Wildman–Crippen MR) is 96.7 cm³/mol. The van der Waals surface area contributed by atoms with Crippen molar-refractivity contribution in [2.24, 2.45) is 5.41 Å². The molecule has 136 valence electrons. The molecule has 2 rings (SSSR count). The molecule has 0 unspecified atom stereocenters. The molecule has 0 aromatic heterocycles. The van der Waals surface area contributed by atoms with Gasteiger partial charge in [0.05, 0.1) is 5.41 Å². The molecule has 1 aromatic carbocycles. The van der Waals surface area contributed by atoms with E-state index in [0.29, 0.717) is 31.5 Å². The Balaban J connectivity index is 2.19. The molecule has 1 saturated heterocycles. The monoisotopic (exact) mass is 346 g/mol. The van der Waals surface area contributed by atoms with E-state index in [1.54, 1.807) is 30.9 Å². The van der Waals surface area contributed by atoms with Crippen LogP contribution < -0.4 is 10.2 Å². The zero-order chi connectivity index (χ0) is 18.6. The maximum atomic E-state index is 12.4. The van der Waals surface area contributed by atoms with Crippen LogP contribution in [-0.4, -0.2) is 29.4 Å². The highest BCUT2D eigenvalue weighted by Gasteiger charge is 2.37. The van der Waals surface area contributed by atoms with Gasteiger partial charge in [-0.05, 0) is 43.9 Å². The van der Waals surface area contributed by atoms with E-state index in [1.165, 1.54) is 0 Å². The molecule has 2 N–H and O–H groups in total. The summed E-state index contributed by atoms with van der Waals surface area (Å²) in [5.74, 6) is -1.17. The molecule has 1 aromatic rings. The SMILES string of the molecule is CCC(CC)(CC(=O)Nc1cccc(N2CCCC2=O)c1C)C(=O)O. The minimum absolute atomic E-state index is 0.0678. The average Bonchev–Trinajstić information content (AvgIpc) is 3.00. The van der Waals surface area contributed by atoms with Gasteiger partial charge in [0.2, 0.25) is 11.8 Å². The number of aliphatic carboxylic acids is 1. The molecule has 1 aliphatic rings. The molecule has 1 aliphatic heterocycles. The van der Waals surface area contributed by atoms with Crippen molar-refractivity contribution >= 4 is 29.2 Å². The Kier molecular flexibility index (Phi) is 5.82. The summed E-state index contributed by atoms with van der Waals surface area (Å²) in [7, 11) is 0. The molecular weight excluding hydrogens is 320 g/mol. The molecule has 6 heteroatoms. The zero-order valence-corrected chi connectivity index (χ0v) is 15.1. The van der Waals surface area contributed by atoms with Crippen LogP contribution in [0.25, 0.3) is 0 Å². The third kappa shape index (κ3) is 3.83. The first-order valence-electron chi connectivity index (χ1n) is 8.78. The highest BCUT2D eigenvalue weighted by atomic mass is 16.4. The Morgan fingerprint density at radius 1 is 1.28 bits per heavy atom. The van der Waals surface area contributed by atoms with Crippen molar-refractivity contribution in [3.05, 3.63) is 23.8 Å². The Morgan fingerprint density at radius 2 is 1.96 bits per heavy atom. The van der Waals surface area contributed by atoms with Gasteiger partial charge in [0, 0.05) is 30.8 Å². The third-order valence-electron chi connectivity index (χ3n) is 5.25. The van der Waals surface area contributed by atoms with Crippen molar-refractivity contribution in [2.45, 2.75) is 52.9 Å². The molecule has 1 heterocycles. The van der Waals surface area contributed by atoms with Crippen molar-refractivity contribution in [1.82, 2.24) is 0 Å². The number of nitrogens with zero attached hydrogens (tertiary/aromatic N) is 1. The van der Waals surface area contributed by atoms with Gasteiger partial charge in [-0.15, -0.1) is 0 Å². The first kappa shape index (κ1) is 19.0. The van der Waals surface area contributed by atoms with Crippen LogP contribution in [0.15, 0.2) is 18.2 Å². The van der Waals surface area contributed by atoms with E-state index >= 15 is 0 Å². The van der Waals surface area contributed by atoms with Gasteiger partial charge in [-0.25, -0.2) is 0 Å². The van der Waals surface area contributed by atoms with E-state index in [-0.39, 0.29) is 18.2 Å². The minimum Gasteiger partial charge on any atom is -0.481 e. The first-order valence-corrected chi connectivity index (χ1v) is 8.78. The van der Waals surface area contributed by atoms with Crippen molar-refractivity contribution in [2.75, 3.05) is 16.8 Å². The lowest BCUT2D eigenvalue weighted by molar-refractivity contribution is -0.151. The van der Waals surface area contributed by atoms with Crippen molar-refractivity contribution in [3.8, 4) is 0 Å². The number of carbonyl (C=O) groups excluding carboxylic acids is 2. The molecule has 0 spiro atoms. The second-order valence-corrected chi connectivity index (χ2v) is 6.62. The number of carbonyl (C=O) groups is 3. The van der Waals surface area contributed by atoms with E-state index in [1.807, 2.05) is 13.0 Å². The molecular formula is C19H26N2O4. The second kappa shape index (κ2) is 7.68. The minimum atomic E-state index is -1.04. The molecule has 25 heavy (non-hydrogen) atoms. The average molecular weight is 346 g/mol. The summed E-state index contributed by atoms with van der Waals surface area (Å²) in [6.07, 6.45) is 2.11. The van der Waals surface area contributed by atoms with Crippen LogP contribution in [0.3, 0.4) is 0 Å². The topological polar surface area (TPSA) is 86.7 Å². The van der Waals surface area contributed by atoms with Gasteiger partial charge in [-0.1, -0.05) is 19.9 Å². The number of hydrogen-bond donors (Lipinski definition) is 2. The van der Waals surface area contributed by atoms with Gasteiger partial charge >= 0.3 is 5.97 Å². The number of nitrogens with one attached hydrogen (secondary N) is 1. The molecule has 0 saturated carbocycles.